The molecule has 3 heterocycles. The van der Waals surface area contributed by atoms with Gasteiger partial charge in [-0.3, -0.25) is 14.4 Å². The van der Waals surface area contributed by atoms with Crippen molar-refractivity contribution in [2.75, 3.05) is 36.0 Å². The average Bonchev–Trinajstić information content (AvgIpc) is 3.56. The van der Waals surface area contributed by atoms with Crippen molar-refractivity contribution in [3.8, 4) is 0 Å². The molecule has 3 aliphatic heterocycles. The number of para-hydroxylation sites is 2. The van der Waals surface area contributed by atoms with Gasteiger partial charge < -0.3 is 19.8 Å². The average molecular weight is 622 g/mol. The highest BCUT2D eigenvalue weighted by Gasteiger charge is 2.77. The summed E-state index contributed by atoms with van der Waals surface area (Å²) in [7, 11) is 0. The Morgan fingerprint density at radius 1 is 1.05 bits per heavy atom. The lowest BCUT2D eigenvalue weighted by Crippen LogP contribution is -2.55. The highest BCUT2D eigenvalue weighted by molar-refractivity contribution is 8.02. The Balaban J connectivity index is 1.60. The molecule has 2 aromatic carbocycles. The van der Waals surface area contributed by atoms with Crippen LogP contribution in [0.2, 0.25) is 5.02 Å². The van der Waals surface area contributed by atoms with E-state index in [9.17, 15) is 19.5 Å². The van der Waals surface area contributed by atoms with Gasteiger partial charge >= 0.3 is 0 Å². The summed E-state index contributed by atoms with van der Waals surface area (Å²) in [6, 6.07) is 14.2. The number of unbranched alkanes of at least 4 members (excludes halogenated alkanes) is 1. The lowest BCUT2D eigenvalue weighted by molar-refractivity contribution is -0.139. The molecule has 2 unspecified atom stereocenters. The molecule has 0 aliphatic carbocycles. The zero-order chi connectivity index (χ0) is 30.9. The van der Waals surface area contributed by atoms with Crippen LogP contribution in [0.5, 0.6) is 0 Å². The van der Waals surface area contributed by atoms with E-state index in [0.717, 1.165) is 17.7 Å². The summed E-state index contributed by atoms with van der Waals surface area (Å²) in [6.07, 6.45) is 5.80. The molecular formula is C34H40ClN3O4S. The van der Waals surface area contributed by atoms with Crippen molar-refractivity contribution < 1.29 is 19.5 Å². The molecule has 0 saturated carbocycles. The number of rotatable bonds is 12. The van der Waals surface area contributed by atoms with Crippen LogP contribution in [0, 0.1) is 18.8 Å². The van der Waals surface area contributed by atoms with Gasteiger partial charge in [-0.1, -0.05) is 54.1 Å². The van der Waals surface area contributed by atoms with Crippen molar-refractivity contribution in [1.82, 2.24) is 4.90 Å². The fraction of sp³-hybridized carbons (Fsp3) is 0.441. The molecule has 9 heteroatoms. The minimum absolute atomic E-state index is 0.00184. The summed E-state index contributed by atoms with van der Waals surface area (Å²) < 4.78 is -1.28. The third-order valence-electron chi connectivity index (χ3n) is 9.27. The van der Waals surface area contributed by atoms with Gasteiger partial charge in [-0.15, -0.1) is 24.9 Å². The Labute approximate surface area is 263 Å². The first kappa shape index (κ1) is 31.4. The molecule has 228 valence electrons. The Hall–Kier alpha value is -3.07. The highest BCUT2D eigenvalue weighted by Crippen LogP contribution is 2.71. The number of hydrogen-bond donors (Lipinski definition) is 1. The maximum Gasteiger partial charge on any atom is 0.251 e. The van der Waals surface area contributed by atoms with Crippen LogP contribution in [-0.2, 0) is 14.4 Å². The van der Waals surface area contributed by atoms with Crippen LogP contribution < -0.4 is 9.80 Å². The normalized spacial score (nSPS) is 27.2. The van der Waals surface area contributed by atoms with Crippen LogP contribution in [0.25, 0.3) is 0 Å². The lowest BCUT2D eigenvalue weighted by Gasteiger charge is -2.38. The predicted octanol–water partition coefficient (Wildman–Crippen LogP) is 5.64. The van der Waals surface area contributed by atoms with Crippen LogP contribution >= 0.6 is 23.4 Å². The molecule has 1 spiro atoms. The molecule has 1 N–H and O–H groups in total. The van der Waals surface area contributed by atoms with Crippen LogP contribution in [0.1, 0.15) is 38.2 Å². The van der Waals surface area contributed by atoms with Crippen molar-refractivity contribution in [2.24, 2.45) is 11.8 Å². The molecule has 3 fully saturated rings. The molecule has 43 heavy (non-hydrogen) atoms. The number of aryl methyl sites for hydroxylation is 1. The largest absolute Gasteiger partial charge is 0.396 e. The van der Waals surface area contributed by atoms with E-state index in [1.54, 1.807) is 44.7 Å². The number of aliphatic hydroxyl groups is 1. The number of thioether (sulfide) groups is 1. The van der Waals surface area contributed by atoms with E-state index in [1.165, 1.54) is 0 Å². The first-order valence-electron chi connectivity index (χ1n) is 14.9. The number of aliphatic hydroxyl groups excluding tert-OH is 1. The Kier molecular flexibility index (Phi) is 9.12. The van der Waals surface area contributed by atoms with E-state index < -0.39 is 27.4 Å². The fourth-order valence-corrected chi connectivity index (χ4v) is 10.1. The third-order valence-corrected chi connectivity index (χ3v) is 11.6. The van der Waals surface area contributed by atoms with Gasteiger partial charge in [-0.05, 0) is 63.3 Å². The summed E-state index contributed by atoms with van der Waals surface area (Å²) in [5, 5.41) is 9.97. The number of halogens is 1. The SMILES string of the molecule is C=CCN(C(=O)[C@@H]1[C@H]2C(=O)N(CCCCO)C(C(=O)N(CC=C)c3c(C)cccc3Cl)C23CC[C@@]1(C)S3)c1ccccc1. The molecule has 3 amide bonds. The first-order chi connectivity index (χ1) is 20.6. The highest BCUT2D eigenvalue weighted by atomic mass is 35.5. The zero-order valence-corrected chi connectivity index (χ0v) is 26.4. The summed E-state index contributed by atoms with van der Waals surface area (Å²) in [5.74, 6) is -1.75. The Bertz CT molecular complexity index is 1400. The zero-order valence-electron chi connectivity index (χ0n) is 24.9. The predicted molar refractivity (Wildman–Crippen MR) is 174 cm³/mol. The van der Waals surface area contributed by atoms with Gasteiger partial charge in [0.25, 0.3) is 5.91 Å². The standard InChI is InChI=1S/C34H40ClN3O4S/c1-5-19-36(24-14-8-7-9-15-24)30(40)26-27-31(41)38(21-10-11-22-39)29(34(27)18-17-33(26,4)43-34)32(42)37(20-6-2)28-23(3)13-12-16-25(28)35/h5-9,12-16,26-27,29,39H,1-2,10-11,17-22H2,3-4H3/t26-,27-,29?,33+,34?/m0/s1. The lowest BCUT2D eigenvalue weighted by atomic mass is 9.66. The summed E-state index contributed by atoms with van der Waals surface area (Å²) in [5.41, 5.74) is 2.20. The summed E-state index contributed by atoms with van der Waals surface area (Å²) in [4.78, 5) is 49.0. The van der Waals surface area contributed by atoms with E-state index in [1.807, 2.05) is 49.4 Å². The van der Waals surface area contributed by atoms with Gasteiger partial charge in [0, 0.05) is 36.7 Å². The van der Waals surface area contributed by atoms with Crippen molar-refractivity contribution in [3.05, 3.63) is 84.4 Å². The van der Waals surface area contributed by atoms with E-state index in [0.29, 0.717) is 43.1 Å². The molecule has 5 atom stereocenters. The van der Waals surface area contributed by atoms with Crippen molar-refractivity contribution in [3.63, 3.8) is 0 Å². The molecular weight excluding hydrogens is 582 g/mol. The quantitative estimate of drug-likeness (QED) is 0.245. The van der Waals surface area contributed by atoms with Gasteiger partial charge in [-0.2, -0.15) is 0 Å². The van der Waals surface area contributed by atoms with Gasteiger partial charge in [0.1, 0.15) is 6.04 Å². The van der Waals surface area contributed by atoms with Gasteiger partial charge in [0.15, 0.2) is 0 Å². The maximum absolute atomic E-state index is 14.8. The minimum atomic E-state index is -0.784. The number of amides is 3. The van der Waals surface area contributed by atoms with E-state index in [-0.39, 0.29) is 30.9 Å². The van der Waals surface area contributed by atoms with Gasteiger partial charge in [0.05, 0.1) is 27.3 Å². The number of fused-ring (bicyclic) bond motifs is 1. The van der Waals surface area contributed by atoms with Crippen LogP contribution in [-0.4, -0.2) is 69.5 Å². The van der Waals surface area contributed by atoms with E-state index in [4.69, 9.17) is 11.6 Å². The van der Waals surface area contributed by atoms with Crippen molar-refractivity contribution >= 4 is 52.5 Å². The molecule has 3 saturated heterocycles. The first-order valence-corrected chi connectivity index (χ1v) is 16.1. The van der Waals surface area contributed by atoms with Gasteiger partial charge in [0.2, 0.25) is 11.8 Å². The molecule has 7 nitrogen and oxygen atoms in total. The number of hydrogen-bond acceptors (Lipinski definition) is 5. The van der Waals surface area contributed by atoms with E-state index in [2.05, 4.69) is 20.1 Å². The molecule has 0 aromatic heterocycles. The van der Waals surface area contributed by atoms with Crippen LogP contribution in [0.15, 0.2) is 73.8 Å². The molecule has 2 bridgehead atoms. The van der Waals surface area contributed by atoms with Crippen molar-refractivity contribution in [2.45, 2.75) is 55.1 Å². The van der Waals surface area contributed by atoms with Gasteiger partial charge in [-0.25, -0.2) is 0 Å². The molecule has 3 aliphatic rings. The number of carbonyl (C=O) groups excluding carboxylic acids is 3. The minimum Gasteiger partial charge on any atom is -0.396 e. The maximum atomic E-state index is 14.8. The number of nitrogens with zero attached hydrogens (tertiary/aromatic N) is 3. The van der Waals surface area contributed by atoms with Crippen molar-refractivity contribution in [1.29, 1.82) is 0 Å². The molecule has 2 aromatic rings. The molecule has 0 radical (unpaired) electrons. The topological polar surface area (TPSA) is 81.2 Å². The van der Waals surface area contributed by atoms with Crippen LogP contribution in [0.3, 0.4) is 0 Å². The van der Waals surface area contributed by atoms with E-state index >= 15 is 0 Å². The number of likely N-dealkylation sites (tertiary alicyclic amines) is 1. The second kappa shape index (κ2) is 12.5. The summed E-state index contributed by atoms with van der Waals surface area (Å²) >= 11 is 8.33. The third kappa shape index (κ3) is 5.21. The molecule has 5 rings (SSSR count). The Morgan fingerprint density at radius 3 is 2.40 bits per heavy atom. The monoisotopic (exact) mass is 621 g/mol. The fourth-order valence-electron chi connectivity index (χ4n) is 7.48. The second-order valence-corrected chi connectivity index (χ2v) is 14.2. The second-order valence-electron chi connectivity index (χ2n) is 11.9. The smallest absolute Gasteiger partial charge is 0.251 e. The Morgan fingerprint density at radius 2 is 1.74 bits per heavy atom. The number of benzene rings is 2. The number of carbonyl (C=O) groups is 3. The van der Waals surface area contributed by atoms with Crippen LogP contribution in [0.4, 0.5) is 11.4 Å². The summed E-state index contributed by atoms with van der Waals surface area (Å²) in [6.45, 7) is 12.6. The number of anilines is 2.